The summed E-state index contributed by atoms with van der Waals surface area (Å²) in [6, 6.07) is 9.20. The zero-order chi connectivity index (χ0) is 15.3. The van der Waals surface area contributed by atoms with Crippen molar-refractivity contribution in [2.45, 2.75) is 25.2 Å². The van der Waals surface area contributed by atoms with Crippen LogP contribution >= 0.6 is 0 Å². The number of pyridine rings is 1. The lowest BCUT2D eigenvalue weighted by atomic mass is 10.00. The minimum Gasteiger partial charge on any atom is -0.406 e. The van der Waals surface area contributed by atoms with E-state index in [1.807, 2.05) is 12.1 Å². The Bertz CT molecular complexity index is 573. The standard InChI is InChI=1S/C15H15F3N2O/c16-15(17,18)21-13-3-1-2-12(10-13)14(19)5-4-11-6-8-20-9-7-11/h1-3,6-10,14H,4-5,19H2. The quantitative estimate of drug-likeness (QED) is 0.917. The first-order valence-corrected chi connectivity index (χ1v) is 6.44. The summed E-state index contributed by atoms with van der Waals surface area (Å²) in [5.74, 6) is -0.251. The molecule has 2 N–H and O–H groups in total. The predicted octanol–water partition coefficient (Wildman–Crippen LogP) is 3.61. The van der Waals surface area contributed by atoms with Gasteiger partial charge in [-0.2, -0.15) is 0 Å². The molecule has 1 aromatic carbocycles. The zero-order valence-electron chi connectivity index (χ0n) is 11.2. The number of nitrogens with two attached hydrogens (primary N) is 1. The fourth-order valence-electron chi connectivity index (χ4n) is 1.98. The van der Waals surface area contributed by atoms with Crippen molar-refractivity contribution < 1.29 is 17.9 Å². The zero-order valence-corrected chi connectivity index (χ0v) is 11.2. The van der Waals surface area contributed by atoms with Crippen molar-refractivity contribution in [2.24, 2.45) is 5.73 Å². The number of hydrogen-bond donors (Lipinski definition) is 1. The number of aryl methyl sites for hydroxylation is 1. The molecule has 0 saturated heterocycles. The second-order valence-corrected chi connectivity index (χ2v) is 4.62. The average Bonchev–Trinajstić information content (AvgIpc) is 2.44. The molecule has 0 radical (unpaired) electrons. The van der Waals surface area contributed by atoms with E-state index in [1.165, 1.54) is 18.2 Å². The first-order valence-electron chi connectivity index (χ1n) is 6.44. The molecule has 0 aliphatic carbocycles. The van der Waals surface area contributed by atoms with Gasteiger partial charge in [0, 0.05) is 18.4 Å². The van der Waals surface area contributed by atoms with Crippen LogP contribution < -0.4 is 10.5 Å². The molecule has 0 spiro atoms. The molecule has 1 aromatic heterocycles. The van der Waals surface area contributed by atoms with E-state index in [1.54, 1.807) is 18.5 Å². The first-order chi connectivity index (χ1) is 9.94. The fraction of sp³-hybridized carbons (Fsp3) is 0.267. The van der Waals surface area contributed by atoms with Gasteiger partial charge in [-0.15, -0.1) is 13.2 Å². The maximum absolute atomic E-state index is 12.2. The Morgan fingerprint density at radius 1 is 1.14 bits per heavy atom. The number of nitrogens with zero attached hydrogens (tertiary/aromatic N) is 1. The van der Waals surface area contributed by atoms with Crippen LogP contribution in [0.1, 0.15) is 23.6 Å². The van der Waals surface area contributed by atoms with Crippen LogP contribution in [-0.2, 0) is 6.42 Å². The van der Waals surface area contributed by atoms with Crippen LogP contribution in [-0.4, -0.2) is 11.3 Å². The number of ether oxygens (including phenoxy) is 1. The van der Waals surface area contributed by atoms with Crippen LogP contribution in [0.3, 0.4) is 0 Å². The normalized spacial score (nSPS) is 13.0. The molecule has 0 fully saturated rings. The molecule has 2 aromatic rings. The summed E-state index contributed by atoms with van der Waals surface area (Å²) in [6.07, 6.45) is 0.0462. The summed E-state index contributed by atoms with van der Waals surface area (Å²) in [5, 5.41) is 0. The second kappa shape index (κ2) is 6.58. The minimum absolute atomic E-state index is 0.251. The van der Waals surface area contributed by atoms with E-state index in [2.05, 4.69) is 9.72 Å². The third-order valence-electron chi connectivity index (χ3n) is 3.01. The fourth-order valence-corrected chi connectivity index (χ4v) is 1.98. The van der Waals surface area contributed by atoms with Gasteiger partial charge in [0.05, 0.1) is 0 Å². The van der Waals surface area contributed by atoms with Gasteiger partial charge in [-0.25, -0.2) is 0 Å². The minimum atomic E-state index is -4.69. The van der Waals surface area contributed by atoms with Crippen LogP contribution in [0.4, 0.5) is 13.2 Å². The van der Waals surface area contributed by atoms with Crippen LogP contribution in [0.2, 0.25) is 0 Å². The van der Waals surface area contributed by atoms with E-state index in [0.29, 0.717) is 12.0 Å². The van der Waals surface area contributed by atoms with E-state index in [4.69, 9.17) is 5.73 Å². The van der Waals surface area contributed by atoms with Gasteiger partial charge < -0.3 is 10.5 Å². The van der Waals surface area contributed by atoms with Crippen molar-refractivity contribution in [3.8, 4) is 5.75 Å². The lowest BCUT2D eigenvalue weighted by molar-refractivity contribution is -0.274. The molecule has 112 valence electrons. The predicted molar refractivity (Wildman–Crippen MR) is 72.6 cm³/mol. The molecule has 0 saturated carbocycles. The van der Waals surface area contributed by atoms with E-state index >= 15 is 0 Å². The Balaban J connectivity index is 1.99. The number of halogens is 3. The highest BCUT2D eigenvalue weighted by atomic mass is 19.4. The van der Waals surface area contributed by atoms with Crippen LogP contribution in [0.5, 0.6) is 5.75 Å². The molecule has 0 bridgehead atoms. The summed E-state index contributed by atoms with van der Waals surface area (Å²) in [6.45, 7) is 0. The number of alkyl halides is 3. The molecule has 6 heteroatoms. The van der Waals surface area contributed by atoms with Crippen molar-refractivity contribution in [3.63, 3.8) is 0 Å². The van der Waals surface area contributed by atoms with Gasteiger partial charge in [0.15, 0.2) is 0 Å². The van der Waals surface area contributed by atoms with E-state index in [0.717, 1.165) is 12.0 Å². The lowest BCUT2D eigenvalue weighted by Crippen LogP contribution is -2.18. The van der Waals surface area contributed by atoms with Gasteiger partial charge in [-0.1, -0.05) is 12.1 Å². The topological polar surface area (TPSA) is 48.1 Å². The van der Waals surface area contributed by atoms with Crippen molar-refractivity contribution >= 4 is 0 Å². The molecular weight excluding hydrogens is 281 g/mol. The Kier molecular flexibility index (Phi) is 4.80. The Morgan fingerprint density at radius 2 is 1.86 bits per heavy atom. The van der Waals surface area contributed by atoms with E-state index in [-0.39, 0.29) is 11.8 Å². The Labute approximate surface area is 120 Å². The van der Waals surface area contributed by atoms with E-state index in [9.17, 15) is 13.2 Å². The largest absolute Gasteiger partial charge is 0.573 e. The number of aromatic nitrogens is 1. The van der Waals surface area contributed by atoms with Gasteiger partial charge >= 0.3 is 6.36 Å². The molecule has 1 unspecified atom stereocenters. The molecule has 1 atom stereocenters. The summed E-state index contributed by atoms with van der Waals surface area (Å²) in [5.41, 5.74) is 7.73. The van der Waals surface area contributed by atoms with Crippen molar-refractivity contribution in [3.05, 3.63) is 59.9 Å². The number of rotatable bonds is 5. The number of benzene rings is 1. The second-order valence-electron chi connectivity index (χ2n) is 4.62. The monoisotopic (exact) mass is 296 g/mol. The van der Waals surface area contributed by atoms with Crippen molar-refractivity contribution in [2.75, 3.05) is 0 Å². The molecule has 0 amide bonds. The van der Waals surface area contributed by atoms with Gasteiger partial charge in [-0.3, -0.25) is 4.98 Å². The van der Waals surface area contributed by atoms with Gasteiger partial charge in [-0.05, 0) is 48.2 Å². The van der Waals surface area contributed by atoms with Crippen molar-refractivity contribution in [1.29, 1.82) is 0 Å². The molecule has 2 rings (SSSR count). The third-order valence-corrected chi connectivity index (χ3v) is 3.01. The maximum Gasteiger partial charge on any atom is 0.573 e. The highest BCUT2D eigenvalue weighted by Crippen LogP contribution is 2.26. The first kappa shape index (κ1) is 15.3. The molecule has 3 nitrogen and oxygen atoms in total. The molecule has 1 heterocycles. The van der Waals surface area contributed by atoms with Crippen LogP contribution in [0, 0.1) is 0 Å². The Morgan fingerprint density at radius 3 is 2.52 bits per heavy atom. The van der Waals surface area contributed by atoms with Crippen molar-refractivity contribution in [1.82, 2.24) is 4.98 Å². The summed E-state index contributed by atoms with van der Waals surface area (Å²) >= 11 is 0. The molecule has 21 heavy (non-hydrogen) atoms. The van der Waals surface area contributed by atoms with Gasteiger partial charge in [0.2, 0.25) is 0 Å². The van der Waals surface area contributed by atoms with E-state index < -0.39 is 6.36 Å². The summed E-state index contributed by atoms with van der Waals surface area (Å²) in [4.78, 5) is 3.92. The van der Waals surface area contributed by atoms with Crippen LogP contribution in [0.25, 0.3) is 0 Å². The molecular formula is C15H15F3N2O. The summed E-state index contributed by atoms with van der Waals surface area (Å²) < 4.78 is 40.4. The third kappa shape index (κ3) is 5.07. The maximum atomic E-state index is 12.2. The number of hydrogen-bond acceptors (Lipinski definition) is 3. The Hall–Kier alpha value is -2.08. The smallest absolute Gasteiger partial charge is 0.406 e. The highest BCUT2D eigenvalue weighted by Gasteiger charge is 2.31. The summed E-state index contributed by atoms with van der Waals surface area (Å²) in [7, 11) is 0. The SMILES string of the molecule is NC(CCc1ccncc1)c1cccc(OC(F)(F)F)c1. The lowest BCUT2D eigenvalue weighted by Gasteiger charge is -2.14. The van der Waals surface area contributed by atoms with Gasteiger partial charge in [0.25, 0.3) is 0 Å². The average molecular weight is 296 g/mol. The van der Waals surface area contributed by atoms with Gasteiger partial charge in [0.1, 0.15) is 5.75 Å². The molecule has 0 aliphatic rings. The van der Waals surface area contributed by atoms with Crippen LogP contribution in [0.15, 0.2) is 48.8 Å². The highest BCUT2D eigenvalue weighted by molar-refractivity contribution is 5.30. The molecule has 0 aliphatic heterocycles.